The first-order chi connectivity index (χ1) is 16.7. The van der Waals surface area contributed by atoms with E-state index < -0.39 is 0 Å². The molecule has 0 aromatic heterocycles. The monoisotopic (exact) mass is 477 g/mol. The lowest BCUT2D eigenvalue weighted by atomic mass is 9.79. The molecule has 8 heteroatoms. The van der Waals surface area contributed by atoms with E-state index in [-0.39, 0.29) is 17.9 Å². The smallest absolute Gasteiger partial charge is 0.260 e. The number of nitrogens with zero attached hydrogens (tertiary/aromatic N) is 4. The number of carbonyl (C=O) groups is 1. The van der Waals surface area contributed by atoms with E-state index in [1.807, 2.05) is 37.3 Å². The van der Waals surface area contributed by atoms with Gasteiger partial charge in [0.05, 0.1) is 25.5 Å². The predicted octanol–water partition coefficient (Wildman–Crippen LogP) is 3.30. The van der Waals surface area contributed by atoms with Crippen LogP contribution in [0.5, 0.6) is 11.5 Å². The van der Waals surface area contributed by atoms with E-state index >= 15 is 0 Å². The number of hydrogen-bond acceptors (Lipinski definition) is 6. The molecule has 1 N–H and O–H groups in total. The topological polar surface area (TPSA) is 81.5 Å². The summed E-state index contributed by atoms with van der Waals surface area (Å²) in [6.45, 7) is 4.51. The van der Waals surface area contributed by atoms with Crippen LogP contribution in [0.1, 0.15) is 46.3 Å². The van der Waals surface area contributed by atoms with Gasteiger partial charge in [-0.2, -0.15) is 0 Å². The van der Waals surface area contributed by atoms with Gasteiger partial charge in [0.1, 0.15) is 0 Å². The summed E-state index contributed by atoms with van der Waals surface area (Å²) in [6, 6.07) is 11.9. The maximum absolute atomic E-state index is 12.9. The highest BCUT2D eigenvalue weighted by Gasteiger charge is 2.36. The largest absolute Gasteiger partial charge is 0.493 e. The van der Waals surface area contributed by atoms with E-state index in [4.69, 9.17) is 19.9 Å². The Hall–Kier alpha value is -3.39. The van der Waals surface area contributed by atoms with Crippen LogP contribution in [0.3, 0.4) is 0 Å². The van der Waals surface area contributed by atoms with E-state index in [0.29, 0.717) is 23.8 Å². The zero-order chi connectivity index (χ0) is 25.3. The van der Waals surface area contributed by atoms with E-state index in [9.17, 15) is 4.79 Å². The summed E-state index contributed by atoms with van der Waals surface area (Å²) >= 11 is 0. The fraction of sp³-hybridized carbons (Fsp3) is 0.444. The molecular formula is C27H35N5O3. The van der Waals surface area contributed by atoms with Crippen molar-refractivity contribution in [2.45, 2.75) is 25.3 Å². The Balaban J connectivity index is 1.73. The second kappa shape index (κ2) is 10.1. The van der Waals surface area contributed by atoms with Gasteiger partial charge in [0, 0.05) is 50.3 Å². The first-order valence-corrected chi connectivity index (χ1v) is 12.0. The number of aliphatic imine (C=N–C) groups is 1. The first kappa shape index (κ1) is 24.7. The number of benzene rings is 2. The molecule has 2 aromatic rings. The minimum Gasteiger partial charge on any atom is -0.493 e. The quantitative estimate of drug-likeness (QED) is 0.528. The molecule has 0 saturated carbocycles. The van der Waals surface area contributed by atoms with Gasteiger partial charge in [-0.1, -0.05) is 12.1 Å². The summed E-state index contributed by atoms with van der Waals surface area (Å²) < 4.78 is 11.6. The minimum atomic E-state index is -0.223. The lowest BCUT2D eigenvalue weighted by molar-refractivity contribution is 0.0859. The number of likely N-dealkylation sites (tertiary alicyclic amines) is 1. The van der Waals surface area contributed by atoms with Crippen molar-refractivity contribution in [3.8, 4) is 11.5 Å². The van der Waals surface area contributed by atoms with Crippen molar-refractivity contribution in [2.24, 2.45) is 4.99 Å². The Kier molecular flexibility index (Phi) is 7.12. The van der Waals surface area contributed by atoms with Crippen molar-refractivity contribution >= 4 is 17.6 Å². The van der Waals surface area contributed by atoms with Crippen molar-refractivity contribution in [3.05, 3.63) is 58.7 Å². The van der Waals surface area contributed by atoms with Crippen LogP contribution < -0.4 is 9.47 Å². The molecule has 0 unspecified atom stereocenters. The molecule has 0 spiro atoms. The van der Waals surface area contributed by atoms with Gasteiger partial charge in [-0.3, -0.25) is 20.1 Å². The molecule has 2 atom stereocenters. The number of rotatable bonds is 5. The van der Waals surface area contributed by atoms with Crippen LogP contribution in [-0.2, 0) is 0 Å². The number of ether oxygens (including phenoxy) is 2. The summed E-state index contributed by atoms with van der Waals surface area (Å²) in [5.74, 6) is 1.66. The molecule has 0 radical (unpaired) electrons. The highest BCUT2D eigenvalue weighted by atomic mass is 16.5. The number of methoxy groups -OCH3 is 1. The summed E-state index contributed by atoms with van der Waals surface area (Å²) in [6.07, 6.45) is 0.994. The third-order valence-electron chi connectivity index (χ3n) is 6.82. The van der Waals surface area contributed by atoms with Gasteiger partial charge < -0.3 is 19.3 Å². The Bertz CT molecular complexity index is 1140. The fourth-order valence-electron chi connectivity index (χ4n) is 4.90. The molecule has 0 aliphatic carbocycles. The third-order valence-corrected chi connectivity index (χ3v) is 6.82. The number of piperidine rings is 1. The van der Waals surface area contributed by atoms with Crippen molar-refractivity contribution in [1.29, 1.82) is 5.41 Å². The first-order valence-electron chi connectivity index (χ1n) is 12.0. The van der Waals surface area contributed by atoms with Gasteiger partial charge in [-0.05, 0) is 56.8 Å². The molecule has 2 aromatic carbocycles. The number of hydrogen-bond donors (Lipinski definition) is 1. The van der Waals surface area contributed by atoms with Crippen LogP contribution in [0.25, 0.3) is 0 Å². The molecule has 186 valence electrons. The second-order valence-corrected chi connectivity index (χ2v) is 9.39. The Morgan fingerprint density at radius 1 is 1.17 bits per heavy atom. The molecule has 0 bridgehead atoms. The predicted molar refractivity (Wildman–Crippen MR) is 138 cm³/mol. The molecule has 8 nitrogen and oxygen atoms in total. The number of nitrogens with one attached hydrogen (secondary N) is 1. The zero-order valence-electron chi connectivity index (χ0n) is 21.5. The highest BCUT2D eigenvalue weighted by Crippen LogP contribution is 2.42. The number of likely N-dealkylation sites (N-methyl/N-ethyl adjacent to an activating group) is 1. The molecular weight excluding hydrogens is 442 g/mol. The Morgan fingerprint density at radius 3 is 2.51 bits per heavy atom. The minimum absolute atomic E-state index is 0.134. The van der Waals surface area contributed by atoms with Crippen LogP contribution in [0.4, 0.5) is 0 Å². The Labute approximate surface area is 207 Å². The number of carbonyl (C=O) groups excluding carboxylic acids is 1. The molecule has 4 rings (SSSR count). The van der Waals surface area contributed by atoms with Crippen LogP contribution in [0.15, 0.2) is 41.4 Å². The van der Waals surface area contributed by atoms with Crippen molar-refractivity contribution in [2.75, 3.05) is 55.0 Å². The van der Waals surface area contributed by atoms with Gasteiger partial charge >= 0.3 is 0 Å². The molecule has 2 aliphatic rings. The van der Waals surface area contributed by atoms with E-state index in [1.54, 1.807) is 33.2 Å². The normalized spacial score (nSPS) is 19.2. The molecule has 35 heavy (non-hydrogen) atoms. The molecule has 1 amide bonds. The average molecular weight is 478 g/mol. The van der Waals surface area contributed by atoms with Crippen molar-refractivity contribution in [3.63, 3.8) is 0 Å². The number of fused-ring (bicyclic) bond motifs is 3. The van der Waals surface area contributed by atoms with Crippen molar-refractivity contribution in [1.82, 2.24) is 14.7 Å². The van der Waals surface area contributed by atoms with Crippen LogP contribution in [0, 0.1) is 5.41 Å². The maximum Gasteiger partial charge on any atom is 0.260 e. The maximum atomic E-state index is 12.9. The lowest BCUT2D eigenvalue weighted by Crippen LogP contribution is -2.42. The summed E-state index contributed by atoms with van der Waals surface area (Å²) in [4.78, 5) is 23.4. The fourth-order valence-corrected chi connectivity index (χ4v) is 4.90. The number of amides is 1. The van der Waals surface area contributed by atoms with Crippen LogP contribution in [-0.4, -0.2) is 93.3 Å². The van der Waals surface area contributed by atoms with Crippen LogP contribution in [0.2, 0.25) is 0 Å². The van der Waals surface area contributed by atoms with Gasteiger partial charge in [-0.15, -0.1) is 0 Å². The summed E-state index contributed by atoms with van der Waals surface area (Å²) in [7, 11) is 8.92. The van der Waals surface area contributed by atoms with E-state index in [0.717, 1.165) is 42.1 Å². The van der Waals surface area contributed by atoms with Gasteiger partial charge in [0.2, 0.25) is 0 Å². The zero-order valence-corrected chi connectivity index (χ0v) is 21.5. The van der Waals surface area contributed by atoms with Crippen molar-refractivity contribution < 1.29 is 14.3 Å². The van der Waals surface area contributed by atoms with Gasteiger partial charge in [0.15, 0.2) is 17.5 Å². The van der Waals surface area contributed by atoms with Crippen LogP contribution >= 0.6 is 0 Å². The molecule has 2 aliphatic heterocycles. The number of guanidine groups is 1. The molecule has 1 saturated heterocycles. The SMILES string of the molecule is CCOc1cc2c(cc1OC)C(c1ccc(C(=O)N(C)C(=N)N(C)C)cc1)=N[C@@H]1CCN(C)C[C@H]21. The third kappa shape index (κ3) is 4.75. The molecule has 1 fully saturated rings. The Morgan fingerprint density at radius 2 is 1.89 bits per heavy atom. The molecule has 2 heterocycles. The average Bonchev–Trinajstić information content (AvgIpc) is 2.86. The summed E-state index contributed by atoms with van der Waals surface area (Å²) in [5, 5.41) is 8.09. The second-order valence-electron chi connectivity index (χ2n) is 9.39. The van der Waals surface area contributed by atoms with E-state index in [1.165, 1.54) is 10.5 Å². The van der Waals surface area contributed by atoms with Gasteiger partial charge in [-0.25, -0.2) is 0 Å². The highest BCUT2D eigenvalue weighted by molar-refractivity contribution is 6.15. The summed E-state index contributed by atoms with van der Waals surface area (Å²) in [5.41, 5.74) is 4.68. The lowest BCUT2D eigenvalue weighted by Gasteiger charge is -2.39. The standard InChI is InChI=1S/C27H35N5O3/c1-7-35-24-14-19-20(15-23(24)34-6)25(29-22-12-13-31(4)16-21(19)22)17-8-10-18(11-9-17)26(33)32(5)27(28)30(2)3/h8-11,14-15,21-22,28H,7,12-13,16H2,1-6H3/t21-,22-/m1/s1. The van der Waals surface area contributed by atoms with Gasteiger partial charge in [0.25, 0.3) is 5.91 Å². The van der Waals surface area contributed by atoms with E-state index in [2.05, 4.69) is 18.0 Å².